The van der Waals surface area contributed by atoms with Gasteiger partial charge in [-0.25, -0.2) is 0 Å². The van der Waals surface area contributed by atoms with Crippen molar-refractivity contribution in [2.45, 2.75) is 30.7 Å². The topological polar surface area (TPSA) is 170 Å². The van der Waals surface area contributed by atoms with Crippen molar-refractivity contribution >= 4 is 21.9 Å². The van der Waals surface area contributed by atoms with Crippen molar-refractivity contribution in [2.24, 2.45) is 0 Å². The molecule has 1 aliphatic rings. The van der Waals surface area contributed by atoms with Crippen LogP contribution in [0.4, 0.5) is 0 Å². The van der Waals surface area contributed by atoms with Crippen LogP contribution in [0.15, 0.2) is 39.5 Å². The van der Waals surface area contributed by atoms with Gasteiger partial charge in [0.15, 0.2) is 11.3 Å². The highest BCUT2D eigenvalue weighted by Gasteiger charge is 2.45. The number of hydrogen-bond acceptors (Lipinski definition) is 10. The Kier molecular flexibility index (Phi) is 4.81. The third-order valence-electron chi connectivity index (χ3n) is 4.87. The number of phenols is 2. The van der Waals surface area contributed by atoms with Crippen molar-refractivity contribution in [1.82, 2.24) is 0 Å². The molecule has 2 aromatic carbocycles. The Labute approximate surface area is 162 Å². The maximum Gasteiger partial charge on any atom is 0.229 e. The molecule has 10 nitrogen and oxygen atoms in total. The summed E-state index contributed by atoms with van der Waals surface area (Å²) < 4.78 is 16.2. The third kappa shape index (κ3) is 3.07. The lowest BCUT2D eigenvalue weighted by Gasteiger charge is -2.39. The number of hydrogen-bond donors (Lipinski definition) is 6. The molecule has 0 unspecified atom stereocenters. The molecule has 0 bridgehead atoms. The fraction of sp³-hybridized carbons (Fsp3) is 0.316. The Balaban J connectivity index is 1.76. The van der Waals surface area contributed by atoms with Crippen molar-refractivity contribution in [3.8, 4) is 17.2 Å². The van der Waals surface area contributed by atoms with Gasteiger partial charge in [0.2, 0.25) is 17.5 Å². The van der Waals surface area contributed by atoms with Gasteiger partial charge in [-0.05, 0) is 24.3 Å². The molecule has 1 fully saturated rings. The molecule has 4 rings (SSSR count). The van der Waals surface area contributed by atoms with Crippen molar-refractivity contribution < 1.29 is 44.5 Å². The number of aromatic hydroxyl groups is 2. The summed E-state index contributed by atoms with van der Waals surface area (Å²) in [6.07, 6.45) is -7.60. The van der Waals surface area contributed by atoms with Crippen LogP contribution in [0.5, 0.6) is 17.2 Å². The molecule has 2 heterocycles. The van der Waals surface area contributed by atoms with E-state index >= 15 is 0 Å². The number of rotatable bonds is 3. The third-order valence-corrected chi connectivity index (χ3v) is 4.87. The molecule has 0 aliphatic carbocycles. The summed E-state index contributed by atoms with van der Waals surface area (Å²) in [5.41, 5.74) is -0.730. The van der Waals surface area contributed by atoms with Gasteiger partial charge in [-0.1, -0.05) is 6.07 Å². The van der Waals surface area contributed by atoms with Gasteiger partial charge in [0.05, 0.1) is 12.0 Å². The summed E-state index contributed by atoms with van der Waals surface area (Å²) in [7, 11) is 0. The van der Waals surface area contributed by atoms with Crippen LogP contribution in [-0.2, 0) is 4.74 Å². The Morgan fingerprint density at radius 1 is 1.00 bits per heavy atom. The first-order valence-electron chi connectivity index (χ1n) is 8.71. The zero-order valence-electron chi connectivity index (χ0n) is 14.8. The average Bonchev–Trinajstić information content (AvgIpc) is 2.70. The monoisotopic (exact) mass is 406 g/mol. The first-order valence-corrected chi connectivity index (χ1v) is 8.71. The molecule has 1 saturated heterocycles. The highest BCUT2D eigenvalue weighted by Crippen LogP contribution is 2.37. The molecular formula is C19H18O10. The van der Waals surface area contributed by atoms with Gasteiger partial charge in [-0.3, -0.25) is 4.79 Å². The molecule has 0 amide bonds. The van der Waals surface area contributed by atoms with E-state index in [4.69, 9.17) is 13.9 Å². The minimum atomic E-state index is -1.68. The molecule has 6 N–H and O–H groups in total. The van der Waals surface area contributed by atoms with E-state index in [0.717, 1.165) is 0 Å². The van der Waals surface area contributed by atoms with Crippen molar-refractivity contribution in [2.75, 3.05) is 6.61 Å². The van der Waals surface area contributed by atoms with E-state index in [1.165, 1.54) is 30.3 Å². The summed E-state index contributed by atoms with van der Waals surface area (Å²) in [4.78, 5) is 12.7. The quantitative estimate of drug-likeness (QED) is 0.313. The minimum Gasteiger partial charge on any atom is -0.507 e. The van der Waals surface area contributed by atoms with Gasteiger partial charge >= 0.3 is 0 Å². The fourth-order valence-corrected chi connectivity index (χ4v) is 3.30. The van der Waals surface area contributed by atoms with E-state index in [9.17, 15) is 35.4 Å². The van der Waals surface area contributed by atoms with Crippen LogP contribution in [0.3, 0.4) is 0 Å². The lowest BCUT2D eigenvalue weighted by atomic mass is 9.99. The number of aliphatic hydroxyl groups is 4. The lowest BCUT2D eigenvalue weighted by molar-refractivity contribution is -0.277. The largest absolute Gasteiger partial charge is 0.507 e. The first-order chi connectivity index (χ1) is 13.8. The zero-order chi connectivity index (χ0) is 20.9. The number of phenolic OH excluding ortho intramolecular Hbond substituents is 2. The van der Waals surface area contributed by atoms with Crippen LogP contribution in [0.2, 0.25) is 0 Å². The van der Waals surface area contributed by atoms with Crippen LogP contribution < -0.4 is 10.2 Å². The molecule has 0 radical (unpaired) electrons. The molecule has 154 valence electrons. The standard InChI is InChI=1S/C19H18O10/c20-6-11-14(23)16(25)17(26)19(29-11)28-10-5-4-7-13(22)12-8(21)2-1-3-9(12)27-18(7)15(10)24/h1-5,11,14,16-17,19-21,23-26H,6H2/t11-,14-,16+,17-,19-/m1/s1. The van der Waals surface area contributed by atoms with E-state index in [0.29, 0.717) is 0 Å². The van der Waals surface area contributed by atoms with Crippen LogP contribution in [0, 0.1) is 0 Å². The molecule has 3 aromatic rings. The molecule has 29 heavy (non-hydrogen) atoms. The number of aliphatic hydroxyl groups excluding tert-OH is 4. The van der Waals surface area contributed by atoms with Crippen LogP contribution >= 0.6 is 0 Å². The summed E-state index contributed by atoms with van der Waals surface area (Å²) in [6, 6.07) is 6.77. The van der Waals surface area contributed by atoms with E-state index in [-0.39, 0.29) is 33.4 Å². The van der Waals surface area contributed by atoms with Crippen LogP contribution in [0.25, 0.3) is 21.9 Å². The number of ether oxygens (including phenoxy) is 2. The van der Waals surface area contributed by atoms with Gasteiger partial charge in [0.1, 0.15) is 41.1 Å². The summed E-state index contributed by atoms with van der Waals surface area (Å²) in [5, 5.41) is 59.4. The van der Waals surface area contributed by atoms with E-state index in [1.54, 1.807) is 0 Å². The highest BCUT2D eigenvalue weighted by molar-refractivity contribution is 5.95. The SMILES string of the molecule is O=c1c2ccc(O[C@@H]3O[C@H](CO)[C@@H](O)[C@H](O)[C@H]3O)c(O)c2oc2cccc(O)c12. The summed E-state index contributed by atoms with van der Waals surface area (Å²) >= 11 is 0. The van der Waals surface area contributed by atoms with E-state index in [2.05, 4.69) is 0 Å². The van der Waals surface area contributed by atoms with Gasteiger partial charge < -0.3 is 44.5 Å². The predicted octanol–water partition coefficient (Wildman–Crippen LogP) is -0.464. The normalized spacial score (nSPS) is 27.4. The molecular weight excluding hydrogens is 388 g/mol. The van der Waals surface area contributed by atoms with Gasteiger partial charge in [0.25, 0.3) is 0 Å². The Morgan fingerprint density at radius 2 is 1.76 bits per heavy atom. The maximum atomic E-state index is 12.7. The minimum absolute atomic E-state index is 0.0161. The van der Waals surface area contributed by atoms with Crippen LogP contribution in [0.1, 0.15) is 0 Å². The summed E-state index contributed by atoms with van der Waals surface area (Å²) in [6.45, 7) is -0.640. The number of benzene rings is 2. The van der Waals surface area contributed by atoms with E-state index in [1.807, 2.05) is 0 Å². The first kappa shape index (κ1) is 19.4. The van der Waals surface area contributed by atoms with Crippen molar-refractivity contribution in [1.29, 1.82) is 0 Å². The number of fused-ring (bicyclic) bond motifs is 2. The molecule has 5 atom stereocenters. The second kappa shape index (κ2) is 7.17. The van der Waals surface area contributed by atoms with Gasteiger partial charge in [0, 0.05) is 0 Å². The van der Waals surface area contributed by atoms with Crippen molar-refractivity contribution in [3.05, 3.63) is 40.6 Å². The maximum absolute atomic E-state index is 12.7. The van der Waals surface area contributed by atoms with E-state index < -0.39 is 48.5 Å². The average molecular weight is 406 g/mol. The molecule has 0 saturated carbocycles. The molecule has 1 aliphatic heterocycles. The molecule has 1 aromatic heterocycles. The Morgan fingerprint density at radius 3 is 2.48 bits per heavy atom. The Hall–Kier alpha value is -2.89. The summed E-state index contributed by atoms with van der Waals surface area (Å²) in [5.74, 6) is -1.06. The van der Waals surface area contributed by atoms with Crippen molar-refractivity contribution in [3.63, 3.8) is 0 Å². The van der Waals surface area contributed by atoms with Gasteiger partial charge in [-0.2, -0.15) is 0 Å². The molecule has 0 spiro atoms. The smallest absolute Gasteiger partial charge is 0.229 e. The zero-order valence-corrected chi connectivity index (χ0v) is 14.8. The second-order valence-corrected chi connectivity index (χ2v) is 6.69. The highest BCUT2D eigenvalue weighted by atomic mass is 16.7. The lowest BCUT2D eigenvalue weighted by Crippen LogP contribution is -2.60. The fourth-order valence-electron chi connectivity index (χ4n) is 3.30. The molecule has 10 heteroatoms. The predicted molar refractivity (Wildman–Crippen MR) is 97.7 cm³/mol. The van der Waals surface area contributed by atoms with Crippen LogP contribution in [-0.4, -0.2) is 68.0 Å². The second-order valence-electron chi connectivity index (χ2n) is 6.69. The van der Waals surface area contributed by atoms with Gasteiger partial charge in [-0.15, -0.1) is 0 Å². The Bertz CT molecular complexity index is 1120.